The van der Waals surface area contributed by atoms with Crippen molar-refractivity contribution in [3.05, 3.63) is 29.8 Å². The molecule has 2 aliphatic heterocycles. The minimum atomic E-state index is 0.237. The second-order valence-corrected chi connectivity index (χ2v) is 6.83. The van der Waals surface area contributed by atoms with Gasteiger partial charge in [0.2, 0.25) is 0 Å². The molecule has 1 aromatic rings. The summed E-state index contributed by atoms with van der Waals surface area (Å²) in [5.41, 5.74) is 1.39. The number of ether oxygens (including phenoxy) is 1. The number of nitrogens with one attached hydrogen (secondary N) is 1. The van der Waals surface area contributed by atoms with Gasteiger partial charge in [0.15, 0.2) is 0 Å². The fourth-order valence-electron chi connectivity index (χ4n) is 3.70. The minimum Gasteiger partial charge on any atom is -0.491 e. The zero-order chi connectivity index (χ0) is 14.8. The number of nitrogens with zero attached hydrogens (tertiary/aromatic N) is 1. The Hall–Kier alpha value is -1.06. The molecular formula is C18H28N2O. The molecular weight excluding hydrogens is 260 g/mol. The molecule has 2 saturated heterocycles. The van der Waals surface area contributed by atoms with Crippen LogP contribution < -0.4 is 10.1 Å². The van der Waals surface area contributed by atoms with E-state index >= 15 is 0 Å². The van der Waals surface area contributed by atoms with Gasteiger partial charge < -0.3 is 10.1 Å². The van der Waals surface area contributed by atoms with E-state index < -0.39 is 0 Å². The molecule has 2 fully saturated rings. The van der Waals surface area contributed by atoms with Gasteiger partial charge in [-0.3, -0.25) is 4.90 Å². The van der Waals surface area contributed by atoms with Crippen molar-refractivity contribution in [1.82, 2.24) is 10.2 Å². The number of rotatable bonds is 4. The number of fused-ring (bicyclic) bond motifs is 1. The van der Waals surface area contributed by atoms with Crippen LogP contribution in [0.4, 0.5) is 0 Å². The Balaban J connectivity index is 1.63. The maximum atomic E-state index is 5.73. The molecule has 0 bridgehead atoms. The van der Waals surface area contributed by atoms with E-state index in [9.17, 15) is 0 Å². The van der Waals surface area contributed by atoms with Crippen molar-refractivity contribution >= 4 is 0 Å². The molecule has 1 aromatic carbocycles. The smallest absolute Gasteiger partial charge is 0.119 e. The van der Waals surface area contributed by atoms with Gasteiger partial charge in [-0.1, -0.05) is 12.1 Å². The Morgan fingerprint density at radius 3 is 2.57 bits per heavy atom. The Morgan fingerprint density at radius 2 is 1.90 bits per heavy atom. The highest BCUT2D eigenvalue weighted by atomic mass is 16.5. The van der Waals surface area contributed by atoms with E-state index in [1.165, 1.54) is 38.0 Å². The van der Waals surface area contributed by atoms with Gasteiger partial charge >= 0.3 is 0 Å². The molecule has 0 amide bonds. The first kappa shape index (κ1) is 14.9. The van der Waals surface area contributed by atoms with Gasteiger partial charge in [0, 0.05) is 25.2 Å². The number of hydrogen-bond donors (Lipinski definition) is 1. The summed E-state index contributed by atoms with van der Waals surface area (Å²) in [6.07, 6.45) is 2.97. The van der Waals surface area contributed by atoms with Crippen molar-refractivity contribution in [3.63, 3.8) is 0 Å². The number of hydrogen-bond acceptors (Lipinski definition) is 3. The van der Waals surface area contributed by atoms with Gasteiger partial charge in [0.05, 0.1) is 6.10 Å². The van der Waals surface area contributed by atoms with Crippen LogP contribution in [-0.2, 0) is 0 Å². The highest BCUT2D eigenvalue weighted by Crippen LogP contribution is 2.32. The second-order valence-electron chi connectivity index (χ2n) is 6.83. The summed E-state index contributed by atoms with van der Waals surface area (Å²) >= 11 is 0. The van der Waals surface area contributed by atoms with Crippen molar-refractivity contribution in [3.8, 4) is 5.75 Å². The van der Waals surface area contributed by atoms with Crippen molar-refractivity contribution in [1.29, 1.82) is 0 Å². The quantitative estimate of drug-likeness (QED) is 0.920. The highest BCUT2D eigenvalue weighted by molar-refractivity contribution is 5.29. The average molecular weight is 288 g/mol. The van der Waals surface area contributed by atoms with Crippen LogP contribution in [0.5, 0.6) is 5.75 Å². The molecule has 0 aliphatic carbocycles. The molecule has 0 radical (unpaired) electrons. The standard InChI is InChI=1S/C18H28N2O/c1-13(2)21-17-8-6-15(7-9-17)14(3)20-11-16-5-4-10-19-18(16)12-20/h6-9,13-14,16,18-19H,4-5,10-12H2,1-3H3/t14?,16-,18+/m0/s1. The molecule has 3 nitrogen and oxygen atoms in total. The minimum absolute atomic E-state index is 0.237. The summed E-state index contributed by atoms with van der Waals surface area (Å²) in [5, 5.41) is 3.69. The molecule has 3 heteroatoms. The van der Waals surface area contributed by atoms with Crippen LogP contribution in [0, 0.1) is 5.92 Å². The lowest BCUT2D eigenvalue weighted by atomic mass is 9.94. The first-order valence-electron chi connectivity index (χ1n) is 8.37. The average Bonchev–Trinajstić information content (AvgIpc) is 2.90. The summed E-state index contributed by atoms with van der Waals surface area (Å²) in [5.74, 6) is 1.82. The SMILES string of the molecule is CC(C)Oc1ccc(C(C)N2C[C@@H]3CCCN[C@@H]3C2)cc1. The maximum Gasteiger partial charge on any atom is 0.119 e. The van der Waals surface area contributed by atoms with Crippen LogP contribution in [0.15, 0.2) is 24.3 Å². The summed E-state index contributed by atoms with van der Waals surface area (Å²) in [6, 6.07) is 9.85. The van der Waals surface area contributed by atoms with E-state index in [4.69, 9.17) is 4.74 Å². The van der Waals surface area contributed by atoms with Gasteiger partial charge in [-0.15, -0.1) is 0 Å². The van der Waals surface area contributed by atoms with Gasteiger partial charge in [-0.2, -0.15) is 0 Å². The lowest BCUT2D eigenvalue weighted by molar-refractivity contribution is 0.240. The van der Waals surface area contributed by atoms with Gasteiger partial charge in [-0.25, -0.2) is 0 Å². The van der Waals surface area contributed by atoms with Gasteiger partial charge in [-0.05, 0) is 63.8 Å². The van der Waals surface area contributed by atoms with E-state index in [0.29, 0.717) is 12.1 Å². The lowest BCUT2D eigenvalue weighted by Gasteiger charge is -2.25. The van der Waals surface area contributed by atoms with E-state index in [1.54, 1.807) is 0 Å². The lowest BCUT2D eigenvalue weighted by Crippen LogP contribution is -2.40. The topological polar surface area (TPSA) is 24.5 Å². The molecule has 1 unspecified atom stereocenters. The zero-order valence-corrected chi connectivity index (χ0v) is 13.5. The molecule has 3 atom stereocenters. The molecule has 116 valence electrons. The van der Waals surface area contributed by atoms with Crippen LogP contribution in [0.1, 0.15) is 45.2 Å². The summed E-state index contributed by atoms with van der Waals surface area (Å²) in [6.45, 7) is 10.1. The van der Waals surface area contributed by atoms with Crippen molar-refractivity contribution < 1.29 is 4.74 Å². The maximum absolute atomic E-state index is 5.73. The Bertz CT molecular complexity index is 443. The Labute approximate surface area is 128 Å². The van der Waals surface area contributed by atoms with Gasteiger partial charge in [0.1, 0.15) is 5.75 Å². The summed E-state index contributed by atoms with van der Waals surface area (Å²) in [4.78, 5) is 2.63. The number of piperidine rings is 1. The summed E-state index contributed by atoms with van der Waals surface area (Å²) in [7, 11) is 0. The Kier molecular flexibility index (Phi) is 4.51. The van der Waals surface area contributed by atoms with Crippen LogP contribution in [0.3, 0.4) is 0 Å². The van der Waals surface area contributed by atoms with E-state index in [-0.39, 0.29) is 6.10 Å². The first-order chi connectivity index (χ1) is 10.1. The van der Waals surface area contributed by atoms with E-state index in [1.807, 2.05) is 0 Å². The Morgan fingerprint density at radius 1 is 1.14 bits per heavy atom. The first-order valence-corrected chi connectivity index (χ1v) is 8.37. The van der Waals surface area contributed by atoms with Gasteiger partial charge in [0.25, 0.3) is 0 Å². The third-order valence-corrected chi connectivity index (χ3v) is 4.91. The monoisotopic (exact) mass is 288 g/mol. The highest BCUT2D eigenvalue weighted by Gasteiger charge is 2.36. The molecule has 21 heavy (non-hydrogen) atoms. The van der Waals surface area contributed by atoms with Crippen molar-refractivity contribution in [2.75, 3.05) is 19.6 Å². The fraction of sp³-hybridized carbons (Fsp3) is 0.667. The predicted octanol–water partition coefficient (Wildman–Crippen LogP) is 3.22. The third kappa shape index (κ3) is 3.41. The molecule has 0 spiro atoms. The molecule has 2 aliphatic rings. The van der Waals surface area contributed by atoms with Crippen LogP contribution in [0.25, 0.3) is 0 Å². The molecule has 0 aromatic heterocycles. The van der Waals surface area contributed by atoms with E-state index in [2.05, 4.69) is 55.3 Å². The normalized spacial score (nSPS) is 27.6. The predicted molar refractivity (Wildman–Crippen MR) is 86.7 cm³/mol. The molecule has 1 N–H and O–H groups in total. The van der Waals surface area contributed by atoms with E-state index in [0.717, 1.165) is 11.7 Å². The van der Waals surface area contributed by atoms with Crippen molar-refractivity contribution in [2.45, 2.75) is 51.8 Å². The number of likely N-dealkylation sites (tertiary alicyclic amines) is 1. The van der Waals surface area contributed by atoms with Crippen LogP contribution in [0.2, 0.25) is 0 Å². The summed E-state index contributed by atoms with van der Waals surface area (Å²) < 4.78 is 5.73. The van der Waals surface area contributed by atoms with Crippen LogP contribution in [-0.4, -0.2) is 36.7 Å². The zero-order valence-electron chi connectivity index (χ0n) is 13.5. The molecule has 2 heterocycles. The molecule has 3 rings (SSSR count). The van der Waals surface area contributed by atoms with Crippen LogP contribution >= 0.6 is 0 Å². The largest absolute Gasteiger partial charge is 0.491 e. The molecule has 0 saturated carbocycles. The van der Waals surface area contributed by atoms with Crippen molar-refractivity contribution in [2.24, 2.45) is 5.92 Å². The number of benzene rings is 1. The second kappa shape index (κ2) is 6.37. The fourth-order valence-corrected chi connectivity index (χ4v) is 3.70. The third-order valence-electron chi connectivity index (χ3n) is 4.91.